The van der Waals surface area contributed by atoms with Crippen molar-refractivity contribution in [3.8, 4) is 11.1 Å². The van der Waals surface area contributed by atoms with E-state index < -0.39 is 0 Å². The number of benzene rings is 4. The van der Waals surface area contributed by atoms with Crippen LogP contribution >= 0.6 is 0 Å². The molecule has 0 N–H and O–H groups in total. The monoisotopic (exact) mass is 438 g/mol. The van der Waals surface area contributed by atoms with E-state index in [1.165, 1.54) is 60.0 Å². The topological polar surface area (TPSA) is 17.3 Å². The zero-order valence-corrected chi connectivity index (χ0v) is 19.8. The zero-order chi connectivity index (χ0) is 23.0. The minimum absolute atomic E-state index is 0.236. The Morgan fingerprint density at radius 3 is 2.29 bits per heavy atom. The van der Waals surface area contributed by atoms with Crippen LogP contribution in [0.2, 0.25) is 0 Å². The summed E-state index contributed by atoms with van der Waals surface area (Å²) in [7, 11) is 0. The molecule has 0 aliphatic carbocycles. The summed E-state index contributed by atoms with van der Waals surface area (Å²) in [6.45, 7) is 6.93. The maximum absolute atomic E-state index is 4.93. The summed E-state index contributed by atoms with van der Waals surface area (Å²) < 4.78 is 2.38. The van der Waals surface area contributed by atoms with E-state index in [2.05, 4.69) is 110 Å². The number of nitrogens with zero attached hydrogens (tertiary/aromatic N) is 2. The minimum atomic E-state index is 0.236. The van der Waals surface area contributed by atoms with E-state index in [-0.39, 0.29) is 5.41 Å². The maximum atomic E-state index is 4.93. The van der Waals surface area contributed by atoms with Gasteiger partial charge in [0.25, 0.3) is 0 Å². The molecular formula is C32H26N2. The van der Waals surface area contributed by atoms with Crippen LogP contribution in [0.3, 0.4) is 0 Å². The number of fused-ring (bicyclic) bond motifs is 5. The highest BCUT2D eigenvalue weighted by Crippen LogP contribution is 2.41. The number of para-hydroxylation sites is 1. The normalized spacial score (nSPS) is 12.7. The second-order valence-corrected chi connectivity index (χ2v) is 10.7. The molecule has 164 valence electrons. The Hall–Kier alpha value is -3.91. The van der Waals surface area contributed by atoms with Gasteiger partial charge in [-0.25, -0.2) is 4.98 Å². The molecular weight excluding hydrogens is 412 g/mol. The maximum Gasteiger partial charge on any atom is 0.146 e. The lowest BCUT2D eigenvalue weighted by atomic mass is 9.86. The molecule has 3 aromatic heterocycles. The van der Waals surface area contributed by atoms with Gasteiger partial charge in [-0.1, -0.05) is 87.5 Å². The molecule has 34 heavy (non-hydrogen) atoms. The van der Waals surface area contributed by atoms with Gasteiger partial charge in [-0.2, -0.15) is 0 Å². The van der Waals surface area contributed by atoms with Crippen LogP contribution in [0.15, 0.2) is 91.1 Å². The summed E-state index contributed by atoms with van der Waals surface area (Å²) in [5.41, 5.74) is 7.63. The predicted molar refractivity (Wildman–Crippen MR) is 145 cm³/mol. The number of pyridine rings is 2. The third-order valence-corrected chi connectivity index (χ3v) is 7.03. The first-order valence-corrected chi connectivity index (χ1v) is 12.0. The summed E-state index contributed by atoms with van der Waals surface area (Å²) in [6, 6.07) is 31.2. The Balaban J connectivity index is 1.65. The van der Waals surface area contributed by atoms with Crippen molar-refractivity contribution in [2.75, 3.05) is 0 Å². The van der Waals surface area contributed by atoms with Gasteiger partial charge >= 0.3 is 0 Å². The van der Waals surface area contributed by atoms with Gasteiger partial charge in [-0.3, -0.25) is 4.40 Å². The number of hydrogen-bond acceptors (Lipinski definition) is 1. The van der Waals surface area contributed by atoms with Crippen molar-refractivity contribution in [2.45, 2.75) is 27.2 Å². The molecule has 7 aromatic rings. The summed E-state index contributed by atoms with van der Waals surface area (Å²) in [5, 5.41) is 7.70. The highest BCUT2D eigenvalue weighted by Gasteiger charge is 2.20. The molecule has 0 saturated carbocycles. The van der Waals surface area contributed by atoms with Gasteiger partial charge in [-0.15, -0.1) is 0 Å². The zero-order valence-electron chi connectivity index (χ0n) is 19.8. The van der Waals surface area contributed by atoms with E-state index in [1.807, 2.05) is 6.20 Å². The van der Waals surface area contributed by atoms with Crippen LogP contribution in [0.4, 0.5) is 0 Å². The SMILES string of the molecule is CC(C)(C)Cc1cc2ccnc3c2c(c1)c1cccc2c4cc(-c5ccccc5)ccc4n3c12. The van der Waals surface area contributed by atoms with Crippen LogP contribution in [-0.2, 0) is 6.42 Å². The molecule has 7 rings (SSSR count). The highest BCUT2D eigenvalue weighted by molar-refractivity contribution is 6.26. The van der Waals surface area contributed by atoms with Gasteiger partial charge in [-0.05, 0) is 57.5 Å². The molecule has 0 aliphatic rings. The molecule has 0 unspecified atom stereocenters. The first-order chi connectivity index (χ1) is 16.5. The lowest BCUT2D eigenvalue weighted by Crippen LogP contribution is -2.09. The molecule has 0 aliphatic heterocycles. The number of aromatic nitrogens is 2. The first kappa shape index (κ1) is 19.5. The Labute approximate surface area is 198 Å². The average molecular weight is 439 g/mol. The third-order valence-electron chi connectivity index (χ3n) is 7.03. The van der Waals surface area contributed by atoms with Crippen molar-refractivity contribution in [1.82, 2.24) is 9.38 Å². The smallest absolute Gasteiger partial charge is 0.146 e. The lowest BCUT2D eigenvalue weighted by Gasteiger charge is -2.20. The second kappa shape index (κ2) is 6.80. The summed E-state index contributed by atoms with van der Waals surface area (Å²) in [4.78, 5) is 4.93. The molecule has 3 heterocycles. The Bertz CT molecular complexity index is 1850. The summed E-state index contributed by atoms with van der Waals surface area (Å²) >= 11 is 0. The van der Waals surface area contributed by atoms with E-state index in [4.69, 9.17) is 4.98 Å². The molecule has 0 saturated heterocycles. The number of hydrogen-bond donors (Lipinski definition) is 0. The van der Waals surface area contributed by atoms with E-state index in [0.29, 0.717) is 0 Å². The van der Waals surface area contributed by atoms with Crippen LogP contribution in [0.25, 0.3) is 60.1 Å². The van der Waals surface area contributed by atoms with Crippen LogP contribution in [0.5, 0.6) is 0 Å². The molecule has 0 atom stereocenters. The van der Waals surface area contributed by atoms with Gasteiger partial charge in [0, 0.05) is 27.7 Å². The molecule has 0 spiro atoms. The molecule has 0 amide bonds. The standard InChI is InChI=1S/C32H26N2/c1-32(2,3)19-20-16-23-14-15-33-31-29(23)27(17-20)25-11-7-10-24-26-18-22(21-8-5-4-6-9-21)12-13-28(26)34(31)30(24)25/h4-18H,19H2,1-3H3. The van der Waals surface area contributed by atoms with Crippen LogP contribution in [0.1, 0.15) is 26.3 Å². The van der Waals surface area contributed by atoms with E-state index >= 15 is 0 Å². The van der Waals surface area contributed by atoms with E-state index in [1.54, 1.807) is 0 Å². The molecule has 0 bridgehead atoms. The average Bonchev–Trinajstić information content (AvgIpc) is 3.16. The van der Waals surface area contributed by atoms with Crippen LogP contribution in [-0.4, -0.2) is 9.38 Å². The third kappa shape index (κ3) is 2.78. The van der Waals surface area contributed by atoms with Gasteiger partial charge < -0.3 is 0 Å². The van der Waals surface area contributed by atoms with Crippen molar-refractivity contribution >= 4 is 49.0 Å². The molecule has 2 nitrogen and oxygen atoms in total. The molecule has 0 radical (unpaired) electrons. The lowest BCUT2D eigenvalue weighted by molar-refractivity contribution is 0.411. The minimum Gasteiger partial charge on any atom is -0.293 e. The molecule has 2 heteroatoms. The van der Waals surface area contributed by atoms with Crippen molar-refractivity contribution in [3.63, 3.8) is 0 Å². The fourth-order valence-electron chi connectivity index (χ4n) is 5.77. The van der Waals surface area contributed by atoms with Crippen molar-refractivity contribution in [1.29, 1.82) is 0 Å². The van der Waals surface area contributed by atoms with Crippen molar-refractivity contribution in [3.05, 3.63) is 96.7 Å². The fourth-order valence-corrected chi connectivity index (χ4v) is 5.77. The van der Waals surface area contributed by atoms with Crippen molar-refractivity contribution < 1.29 is 0 Å². The van der Waals surface area contributed by atoms with Crippen molar-refractivity contribution in [2.24, 2.45) is 5.41 Å². The Morgan fingerprint density at radius 2 is 1.50 bits per heavy atom. The Morgan fingerprint density at radius 1 is 0.706 bits per heavy atom. The van der Waals surface area contributed by atoms with Gasteiger partial charge in [0.2, 0.25) is 0 Å². The first-order valence-electron chi connectivity index (χ1n) is 12.0. The van der Waals surface area contributed by atoms with E-state index in [0.717, 1.165) is 12.1 Å². The van der Waals surface area contributed by atoms with Crippen LogP contribution in [0, 0.1) is 5.41 Å². The Kier molecular flexibility index (Phi) is 3.91. The fraction of sp³-hybridized carbons (Fsp3) is 0.156. The van der Waals surface area contributed by atoms with Crippen LogP contribution < -0.4 is 0 Å². The molecule has 0 fully saturated rings. The quantitative estimate of drug-likeness (QED) is 0.195. The van der Waals surface area contributed by atoms with Gasteiger partial charge in [0.15, 0.2) is 0 Å². The van der Waals surface area contributed by atoms with Gasteiger partial charge in [0.1, 0.15) is 5.65 Å². The largest absolute Gasteiger partial charge is 0.293 e. The highest BCUT2D eigenvalue weighted by atomic mass is 15.0. The summed E-state index contributed by atoms with van der Waals surface area (Å²) in [5.74, 6) is 0. The van der Waals surface area contributed by atoms with E-state index in [9.17, 15) is 0 Å². The summed E-state index contributed by atoms with van der Waals surface area (Å²) in [6.07, 6.45) is 3.01. The van der Waals surface area contributed by atoms with Gasteiger partial charge in [0.05, 0.1) is 11.0 Å². The molecule has 4 aromatic carbocycles. The second-order valence-electron chi connectivity index (χ2n) is 10.7. The predicted octanol–water partition coefficient (Wildman–Crippen LogP) is 8.64. The number of rotatable bonds is 2.